The highest BCUT2D eigenvalue weighted by Crippen LogP contribution is 2.24. The normalized spacial score (nSPS) is 11.9. The third-order valence-electron chi connectivity index (χ3n) is 2.99. The molecule has 0 aliphatic carbocycles. The fraction of sp³-hybridized carbons (Fsp3) is 0.308. The zero-order valence-electron chi connectivity index (χ0n) is 11.9. The van der Waals surface area contributed by atoms with Crippen LogP contribution in [0.15, 0.2) is 23.1 Å². The number of H-pyrrole nitrogens is 1. The Morgan fingerprint density at radius 3 is 2.57 bits per heavy atom. The van der Waals surface area contributed by atoms with Gasteiger partial charge in [-0.25, -0.2) is 12.8 Å². The first-order valence-corrected chi connectivity index (χ1v) is 7.83. The van der Waals surface area contributed by atoms with E-state index in [4.69, 9.17) is 5.73 Å². The highest BCUT2D eigenvalue weighted by atomic mass is 32.2. The Labute approximate surface area is 122 Å². The van der Waals surface area contributed by atoms with Crippen molar-refractivity contribution in [2.24, 2.45) is 0 Å². The average molecular weight is 312 g/mol. The van der Waals surface area contributed by atoms with Crippen molar-refractivity contribution in [2.75, 3.05) is 10.5 Å². The van der Waals surface area contributed by atoms with Crippen LogP contribution in [-0.4, -0.2) is 18.6 Å². The zero-order valence-corrected chi connectivity index (χ0v) is 12.8. The van der Waals surface area contributed by atoms with Gasteiger partial charge >= 0.3 is 0 Å². The van der Waals surface area contributed by atoms with Crippen LogP contribution in [0.4, 0.5) is 15.9 Å². The van der Waals surface area contributed by atoms with Gasteiger partial charge in [-0.3, -0.25) is 9.82 Å². The maximum absolute atomic E-state index is 14.0. The lowest BCUT2D eigenvalue weighted by Gasteiger charge is -2.09. The fourth-order valence-corrected chi connectivity index (χ4v) is 3.01. The first kappa shape index (κ1) is 15.3. The molecule has 2 aromatic rings. The van der Waals surface area contributed by atoms with Crippen LogP contribution in [0.2, 0.25) is 0 Å². The molecule has 114 valence electrons. The van der Waals surface area contributed by atoms with Crippen molar-refractivity contribution in [2.45, 2.75) is 31.6 Å². The summed E-state index contributed by atoms with van der Waals surface area (Å²) in [5.74, 6) is -0.545. The number of nitrogens with two attached hydrogens (primary N) is 1. The van der Waals surface area contributed by atoms with Crippen molar-refractivity contribution in [3.05, 3.63) is 35.3 Å². The van der Waals surface area contributed by atoms with Crippen molar-refractivity contribution in [1.82, 2.24) is 10.2 Å². The molecule has 0 amide bonds. The second-order valence-corrected chi connectivity index (χ2v) is 6.77. The van der Waals surface area contributed by atoms with Crippen molar-refractivity contribution in [1.29, 1.82) is 0 Å². The van der Waals surface area contributed by atoms with E-state index in [-0.39, 0.29) is 23.0 Å². The van der Waals surface area contributed by atoms with Gasteiger partial charge in [-0.05, 0) is 30.5 Å². The van der Waals surface area contributed by atoms with E-state index in [1.807, 2.05) is 13.8 Å². The number of rotatable bonds is 4. The van der Waals surface area contributed by atoms with Gasteiger partial charge < -0.3 is 5.73 Å². The summed E-state index contributed by atoms with van der Waals surface area (Å²) in [6.45, 7) is 5.33. The molecule has 0 spiro atoms. The van der Waals surface area contributed by atoms with E-state index < -0.39 is 20.7 Å². The molecule has 0 saturated carbocycles. The highest BCUT2D eigenvalue weighted by Gasteiger charge is 2.22. The van der Waals surface area contributed by atoms with Crippen LogP contribution in [0.1, 0.15) is 31.0 Å². The molecule has 1 aromatic carbocycles. The Morgan fingerprint density at radius 2 is 2.00 bits per heavy atom. The lowest BCUT2D eigenvalue weighted by atomic mass is 10.1. The summed E-state index contributed by atoms with van der Waals surface area (Å²) in [4.78, 5) is -0.492. The maximum atomic E-state index is 14.0. The van der Waals surface area contributed by atoms with Gasteiger partial charge in [0.25, 0.3) is 10.0 Å². The van der Waals surface area contributed by atoms with Crippen LogP contribution in [0.3, 0.4) is 0 Å². The molecular formula is C13H17FN4O2S. The minimum absolute atomic E-state index is 0.109. The first-order valence-electron chi connectivity index (χ1n) is 6.34. The molecular weight excluding hydrogens is 295 g/mol. The molecule has 0 aliphatic rings. The number of aryl methyl sites for hydroxylation is 1. The van der Waals surface area contributed by atoms with Gasteiger partial charge in [0.1, 0.15) is 10.7 Å². The molecule has 0 atom stereocenters. The molecule has 0 saturated heterocycles. The Bertz CT molecular complexity index is 768. The zero-order chi connectivity index (χ0) is 15.8. The summed E-state index contributed by atoms with van der Waals surface area (Å²) in [6.07, 6.45) is 0. The summed E-state index contributed by atoms with van der Waals surface area (Å²) < 4.78 is 40.7. The van der Waals surface area contributed by atoms with E-state index in [9.17, 15) is 12.8 Å². The first-order chi connectivity index (χ1) is 9.70. The quantitative estimate of drug-likeness (QED) is 0.754. The number of nitrogens with one attached hydrogen (secondary N) is 2. The second kappa shape index (κ2) is 5.36. The van der Waals surface area contributed by atoms with Crippen molar-refractivity contribution < 1.29 is 12.8 Å². The van der Waals surface area contributed by atoms with Gasteiger partial charge in [0.15, 0.2) is 5.82 Å². The number of halogens is 1. The minimum atomic E-state index is -4.09. The van der Waals surface area contributed by atoms with E-state index in [2.05, 4.69) is 14.9 Å². The predicted molar refractivity (Wildman–Crippen MR) is 79.0 cm³/mol. The average Bonchev–Trinajstić information content (AvgIpc) is 2.81. The van der Waals surface area contributed by atoms with Gasteiger partial charge in [0.05, 0.1) is 0 Å². The summed E-state index contributed by atoms with van der Waals surface area (Å²) in [7, 11) is -4.09. The molecule has 0 aliphatic heterocycles. The van der Waals surface area contributed by atoms with Crippen LogP contribution in [0, 0.1) is 12.7 Å². The number of aromatic amines is 1. The number of hydrogen-bond acceptors (Lipinski definition) is 4. The summed E-state index contributed by atoms with van der Waals surface area (Å²) in [5, 5.41) is 6.57. The topological polar surface area (TPSA) is 101 Å². The fourth-order valence-electron chi connectivity index (χ4n) is 1.84. The standard InChI is InChI=1S/C13H17FN4O2S/c1-7(2)10-6-12(17-16-10)18-21(19,20)11-5-9(15)4-8(3)13(11)14/h4-7H,15H2,1-3H3,(H2,16,17,18). The molecule has 6 nitrogen and oxygen atoms in total. The predicted octanol–water partition coefficient (Wildman–Crippen LogP) is 2.36. The molecule has 0 radical (unpaired) electrons. The Kier molecular flexibility index (Phi) is 3.91. The van der Waals surface area contributed by atoms with Gasteiger partial charge in [0, 0.05) is 17.4 Å². The number of anilines is 2. The molecule has 8 heteroatoms. The van der Waals surface area contributed by atoms with Crippen LogP contribution in [-0.2, 0) is 10.0 Å². The summed E-state index contributed by atoms with van der Waals surface area (Å²) in [6, 6.07) is 4.03. The monoisotopic (exact) mass is 312 g/mol. The van der Waals surface area contributed by atoms with E-state index in [1.165, 1.54) is 13.0 Å². The van der Waals surface area contributed by atoms with E-state index >= 15 is 0 Å². The number of aromatic nitrogens is 2. The molecule has 4 N–H and O–H groups in total. The van der Waals surface area contributed by atoms with Crippen molar-refractivity contribution >= 4 is 21.5 Å². The largest absolute Gasteiger partial charge is 0.399 e. The molecule has 1 heterocycles. The summed E-state index contributed by atoms with van der Waals surface area (Å²) >= 11 is 0. The van der Waals surface area contributed by atoms with Gasteiger partial charge in [0.2, 0.25) is 0 Å². The second-order valence-electron chi connectivity index (χ2n) is 5.12. The Balaban J connectivity index is 2.38. The maximum Gasteiger partial charge on any atom is 0.266 e. The van der Waals surface area contributed by atoms with Crippen LogP contribution < -0.4 is 10.5 Å². The lowest BCUT2D eigenvalue weighted by Crippen LogP contribution is -2.16. The van der Waals surface area contributed by atoms with Crippen LogP contribution >= 0.6 is 0 Å². The third kappa shape index (κ3) is 3.15. The van der Waals surface area contributed by atoms with E-state index in [0.29, 0.717) is 0 Å². The minimum Gasteiger partial charge on any atom is -0.399 e. The third-order valence-corrected chi connectivity index (χ3v) is 4.35. The van der Waals surface area contributed by atoms with Gasteiger partial charge in [-0.15, -0.1) is 0 Å². The van der Waals surface area contributed by atoms with Crippen LogP contribution in [0.25, 0.3) is 0 Å². The molecule has 1 aromatic heterocycles. The number of hydrogen-bond donors (Lipinski definition) is 3. The van der Waals surface area contributed by atoms with Crippen molar-refractivity contribution in [3.63, 3.8) is 0 Å². The highest BCUT2D eigenvalue weighted by molar-refractivity contribution is 7.92. The van der Waals surface area contributed by atoms with E-state index in [1.54, 1.807) is 6.07 Å². The number of sulfonamides is 1. The van der Waals surface area contributed by atoms with E-state index in [0.717, 1.165) is 11.8 Å². The van der Waals surface area contributed by atoms with Gasteiger partial charge in [-0.1, -0.05) is 13.8 Å². The Morgan fingerprint density at radius 1 is 1.33 bits per heavy atom. The lowest BCUT2D eigenvalue weighted by molar-refractivity contribution is 0.565. The van der Waals surface area contributed by atoms with Crippen molar-refractivity contribution in [3.8, 4) is 0 Å². The number of nitrogen functional groups attached to an aromatic ring is 1. The number of nitrogens with zero attached hydrogens (tertiary/aromatic N) is 1. The SMILES string of the molecule is Cc1cc(N)cc(S(=O)(=O)Nc2cc(C(C)C)[nH]n2)c1F. The van der Waals surface area contributed by atoms with Gasteiger partial charge in [-0.2, -0.15) is 5.10 Å². The molecule has 0 bridgehead atoms. The molecule has 0 fully saturated rings. The Hall–Kier alpha value is -2.09. The summed E-state index contributed by atoms with van der Waals surface area (Å²) in [5.41, 5.74) is 6.70. The smallest absolute Gasteiger partial charge is 0.266 e. The molecule has 0 unspecified atom stereocenters. The molecule has 2 rings (SSSR count). The molecule has 21 heavy (non-hydrogen) atoms. The van der Waals surface area contributed by atoms with Crippen LogP contribution in [0.5, 0.6) is 0 Å². The number of benzene rings is 1.